The first kappa shape index (κ1) is 31.3. The van der Waals surface area contributed by atoms with E-state index >= 15 is 0 Å². The number of carboxylic acids is 1. The number of aliphatic hydroxyl groups excluding tert-OH is 1. The molecule has 1 aliphatic rings. The molecule has 1 aromatic carbocycles. The number of phenolic OH excluding ortho intramolecular Hbond substituents is 2. The molecule has 7 N–H and O–H groups in total. The van der Waals surface area contributed by atoms with Crippen LogP contribution in [0.5, 0.6) is 11.5 Å². The summed E-state index contributed by atoms with van der Waals surface area (Å²) in [5.41, 5.74) is -0.307. The van der Waals surface area contributed by atoms with E-state index in [-0.39, 0.29) is 36.6 Å². The summed E-state index contributed by atoms with van der Waals surface area (Å²) in [5.74, 6) is -5.19. The Hall–Kier alpha value is -3.87. The second kappa shape index (κ2) is 13.8. The monoisotopic (exact) mass is 550 g/mol. The highest BCUT2D eigenvalue weighted by Gasteiger charge is 2.41. The van der Waals surface area contributed by atoms with Crippen LogP contribution in [-0.2, 0) is 19.2 Å². The number of carbonyl (C=O) groups excluding carboxylic acids is 4. The van der Waals surface area contributed by atoms with Crippen molar-refractivity contribution in [2.75, 3.05) is 6.54 Å². The summed E-state index contributed by atoms with van der Waals surface area (Å²) in [6.07, 6.45) is 0.0146. The van der Waals surface area contributed by atoms with Gasteiger partial charge < -0.3 is 41.3 Å². The predicted octanol–water partition coefficient (Wildman–Crippen LogP) is 0.0783. The van der Waals surface area contributed by atoms with E-state index in [4.69, 9.17) is 0 Å². The van der Waals surface area contributed by atoms with Crippen LogP contribution in [0, 0.1) is 5.92 Å². The Kier molecular flexibility index (Phi) is 11.1. The van der Waals surface area contributed by atoms with Crippen molar-refractivity contribution in [2.24, 2.45) is 5.92 Å². The van der Waals surface area contributed by atoms with Gasteiger partial charge in [0.25, 0.3) is 5.91 Å². The van der Waals surface area contributed by atoms with Gasteiger partial charge >= 0.3 is 5.97 Å². The first-order valence-corrected chi connectivity index (χ1v) is 13.0. The maximum atomic E-state index is 13.4. The zero-order chi connectivity index (χ0) is 29.4. The van der Waals surface area contributed by atoms with Gasteiger partial charge in [0.2, 0.25) is 17.7 Å². The molecule has 0 radical (unpaired) electrons. The average molecular weight is 551 g/mol. The molecule has 6 atom stereocenters. The maximum Gasteiger partial charge on any atom is 0.326 e. The van der Waals surface area contributed by atoms with Gasteiger partial charge in [-0.1, -0.05) is 27.2 Å². The third-order valence-corrected chi connectivity index (χ3v) is 6.91. The number of hydrogen-bond donors (Lipinski definition) is 7. The molecule has 2 rings (SSSR count). The van der Waals surface area contributed by atoms with Crippen molar-refractivity contribution >= 4 is 29.6 Å². The smallest absolute Gasteiger partial charge is 0.326 e. The normalized spacial score (nSPS) is 18.8. The zero-order valence-corrected chi connectivity index (χ0v) is 22.5. The first-order chi connectivity index (χ1) is 18.3. The Morgan fingerprint density at radius 2 is 1.67 bits per heavy atom. The first-order valence-electron chi connectivity index (χ1n) is 13.0. The molecule has 1 fully saturated rings. The lowest BCUT2D eigenvalue weighted by Gasteiger charge is -2.32. The minimum absolute atomic E-state index is 0.153. The number of phenols is 2. The summed E-state index contributed by atoms with van der Waals surface area (Å²) in [6, 6.07) is -1.34. The van der Waals surface area contributed by atoms with E-state index in [2.05, 4.69) is 16.0 Å². The number of rotatable bonds is 12. The minimum atomic E-state index is -1.47. The fraction of sp³-hybridized carbons (Fsp3) is 0.577. The quantitative estimate of drug-likeness (QED) is 0.176. The van der Waals surface area contributed by atoms with E-state index in [0.717, 1.165) is 12.1 Å². The van der Waals surface area contributed by atoms with Crippen LogP contribution in [0.15, 0.2) is 18.2 Å². The van der Waals surface area contributed by atoms with Gasteiger partial charge in [-0.15, -0.1) is 0 Å². The van der Waals surface area contributed by atoms with Crippen LogP contribution in [0.25, 0.3) is 0 Å². The van der Waals surface area contributed by atoms with Crippen LogP contribution in [0.2, 0.25) is 0 Å². The molecule has 0 aromatic heterocycles. The molecule has 0 bridgehead atoms. The van der Waals surface area contributed by atoms with Crippen molar-refractivity contribution in [3.8, 4) is 11.5 Å². The number of amides is 4. The molecular weight excluding hydrogens is 512 g/mol. The number of nitrogens with one attached hydrogen (secondary N) is 3. The van der Waals surface area contributed by atoms with E-state index < -0.39 is 65.6 Å². The van der Waals surface area contributed by atoms with Crippen molar-refractivity contribution in [1.82, 2.24) is 20.9 Å². The SMILES string of the molecule is CC[C@H](NC(=O)[C@@H](NC(=O)[C@@H]1CCCN1C(=O)[C@@H](NC(=O)c1cc(O)ccc1O)[C@@H](C)O)[C@@H](C)CC)C(=O)O. The third kappa shape index (κ3) is 7.82. The standard InChI is InChI=1S/C26H38N4O9/c1-5-13(3)20(24(36)27-17(6-2)26(38)39)28-23(35)18-8-7-11-30(18)25(37)21(14(4)31)29-22(34)16-12-15(32)9-10-19(16)33/h9-10,12-14,17-18,20-21,31-33H,5-8,11H2,1-4H3,(H,27,36)(H,28,35)(H,29,34)(H,38,39)/t13-,14+,17-,18-,20-,21-/m0/s1. The molecule has 0 aliphatic carbocycles. The second-order valence-electron chi connectivity index (χ2n) is 9.76. The van der Waals surface area contributed by atoms with Crippen molar-refractivity contribution in [2.45, 2.75) is 83.6 Å². The van der Waals surface area contributed by atoms with E-state index in [1.54, 1.807) is 13.8 Å². The summed E-state index contributed by atoms with van der Waals surface area (Å²) < 4.78 is 0. The molecule has 216 valence electrons. The number of carboxylic acid groups (broad SMARTS) is 1. The lowest BCUT2D eigenvalue weighted by Crippen LogP contribution is -2.59. The molecular formula is C26H38N4O9. The summed E-state index contributed by atoms with van der Waals surface area (Å²) in [6.45, 7) is 6.60. The van der Waals surface area contributed by atoms with E-state index in [1.807, 2.05) is 6.92 Å². The molecule has 1 heterocycles. The van der Waals surface area contributed by atoms with Crippen molar-refractivity contribution in [1.29, 1.82) is 0 Å². The van der Waals surface area contributed by atoms with Crippen LogP contribution in [-0.4, -0.2) is 91.7 Å². The van der Waals surface area contributed by atoms with Crippen molar-refractivity contribution in [3.63, 3.8) is 0 Å². The Labute approximate surface area is 226 Å². The van der Waals surface area contributed by atoms with E-state index in [1.165, 1.54) is 17.9 Å². The van der Waals surface area contributed by atoms with Gasteiger partial charge in [0.05, 0.1) is 11.7 Å². The number of carbonyl (C=O) groups is 5. The van der Waals surface area contributed by atoms with Crippen LogP contribution < -0.4 is 16.0 Å². The van der Waals surface area contributed by atoms with Gasteiger partial charge in [-0.25, -0.2) is 4.79 Å². The van der Waals surface area contributed by atoms with Gasteiger partial charge in [-0.2, -0.15) is 0 Å². The summed E-state index contributed by atoms with van der Waals surface area (Å²) in [4.78, 5) is 64.9. The van der Waals surface area contributed by atoms with Crippen LogP contribution in [0.3, 0.4) is 0 Å². The Balaban J connectivity index is 2.21. The average Bonchev–Trinajstić information content (AvgIpc) is 3.39. The molecule has 0 spiro atoms. The van der Waals surface area contributed by atoms with Crippen molar-refractivity contribution in [3.05, 3.63) is 23.8 Å². The summed E-state index contributed by atoms with van der Waals surface area (Å²) in [5, 5.41) is 46.6. The lowest BCUT2D eigenvalue weighted by atomic mass is 9.97. The number of hydrogen-bond acceptors (Lipinski definition) is 8. The fourth-order valence-corrected chi connectivity index (χ4v) is 4.35. The van der Waals surface area contributed by atoms with Crippen molar-refractivity contribution < 1.29 is 44.4 Å². The summed E-state index contributed by atoms with van der Waals surface area (Å²) >= 11 is 0. The van der Waals surface area contributed by atoms with E-state index in [9.17, 15) is 44.4 Å². The molecule has 1 aliphatic heterocycles. The number of aliphatic hydroxyl groups is 1. The van der Waals surface area contributed by atoms with Gasteiger partial charge in [-0.3, -0.25) is 19.2 Å². The van der Waals surface area contributed by atoms with Gasteiger partial charge in [0.15, 0.2) is 0 Å². The number of likely N-dealkylation sites (tertiary alicyclic amines) is 1. The Morgan fingerprint density at radius 1 is 1.00 bits per heavy atom. The minimum Gasteiger partial charge on any atom is -0.508 e. The van der Waals surface area contributed by atoms with Gasteiger partial charge in [0, 0.05) is 6.54 Å². The molecule has 4 amide bonds. The van der Waals surface area contributed by atoms with Crippen LogP contribution >= 0.6 is 0 Å². The topological polar surface area (TPSA) is 206 Å². The Morgan fingerprint density at radius 3 is 2.23 bits per heavy atom. The molecule has 1 aromatic rings. The molecule has 0 saturated carbocycles. The predicted molar refractivity (Wildman–Crippen MR) is 139 cm³/mol. The maximum absolute atomic E-state index is 13.4. The lowest BCUT2D eigenvalue weighted by molar-refractivity contribution is -0.144. The Bertz CT molecular complexity index is 1080. The second-order valence-corrected chi connectivity index (χ2v) is 9.76. The third-order valence-electron chi connectivity index (χ3n) is 6.91. The molecule has 13 nitrogen and oxygen atoms in total. The highest BCUT2D eigenvalue weighted by molar-refractivity contribution is 6.01. The highest BCUT2D eigenvalue weighted by Crippen LogP contribution is 2.24. The van der Waals surface area contributed by atoms with Crippen LogP contribution in [0.4, 0.5) is 0 Å². The fourth-order valence-electron chi connectivity index (χ4n) is 4.35. The largest absolute Gasteiger partial charge is 0.508 e. The molecule has 39 heavy (non-hydrogen) atoms. The highest BCUT2D eigenvalue weighted by atomic mass is 16.4. The number of aliphatic carboxylic acids is 1. The van der Waals surface area contributed by atoms with Crippen LogP contribution in [0.1, 0.15) is 63.7 Å². The zero-order valence-electron chi connectivity index (χ0n) is 22.5. The summed E-state index contributed by atoms with van der Waals surface area (Å²) in [7, 11) is 0. The number of nitrogens with zero attached hydrogens (tertiary/aromatic N) is 1. The van der Waals surface area contributed by atoms with Gasteiger partial charge in [-0.05, 0) is 50.3 Å². The molecule has 13 heteroatoms. The molecule has 1 saturated heterocycles. The van der Waals surface area contributed by atoms with E-state index in [0.29, 0.717) is 12.8 Å². The van der Waals surface area contributed by atoms with Gasteiger partial charge in [0.1, 0.15) is 35.7 Å². The number of aromatic hydroxyl groups is 2. The number of benzene rings is 1. The molecule has 0 unspecified atom stereocenters.